The summed E-state index contributed by atoms with van der Waals surface area (Å²) in [6.45, 7) is 2.07. The van der Waals surface area contributed by atoms with Crippen molar-refractivity contribution in [3.63, 3.8) is 0 Å². The number of unbranched alkanes of at least 4 members (excludes halogenated alkanes) is 1. The van der Waals surface area contributed by atoms with E-state index in [-0.39, 0.29) is 6.61 Å². The van der Waals surface area contributed by atoms with Gasteiger partial charge in [0.2, 0.25) is 0 Å². The smallest absolute Gasteiger partial charge is 0.427 e. The molecule has 0 aromatic rings. The van der Waals surface area contributed by atoms with Crippen LogP contribution in [-0.2, 0) is 9.53 Å². The average Bonchev–Trinajstić information content (AvgIpc) is 2.02. The number of alkyl halides is 3. The number of halogens is 3. The topological polar surface area (TPSA) is 46.5 Å². The highest BCUT2D eigenvalue weighted by Crippen LogP contribution is 2.30. The molecule has 0 radical (unpaired) electrons. The Bertz CT molecular complexity index is 198. The molecular formula is C8H13F3O3. The quantitative estimate of drug-likeness (QED) is 0.571. The van der Waals surface area contributed by atoms with Crippen LogP contribution >= 0.6 is 0 Å². The van der Waals surface area contributed by atoms with E-state index in [0.29, 0.717) is 19.8 Å². The monoisotopic (exact) mass is 214 g/mol. The zero-order chi connectivity index (χ0) is 11.4. The highest BCUT2D eigenvalue weighted by molar-refractivity contribution is 5.79. The summed E-state index contributed by atoms with van der Waals surface area (Å²) >= 11 is 0. The molecule has 1 N–H and O–H groups in total. The number of aliphatic hydroxyl groups is 1. The standard InChI is InChI=1S/C8H13F3O3/c1-3-4-5-14-6(12)7(2,13)8(9,10)11/h13H,3-5H2,1-2H3/t7-/m0/s1. The third kappa shape index (κ3) is 3.17. The van der Waals surface area contributed by atoms with Gasteiger partial charge in [-0.1, -0.05) is 13.3 Å². The first-order chi connectivity index (χ1) is 6.23. The second-order valence-corrected chi connectivity index (χ2v) is 3.06. The molecule has 0 unspecified atom stereocenters. The fraction of sp³-hybridized carbons (Fsp3) is 0.875. The van der Waals surface area contributed by atoms with Gasteiger partial charge >= 0.3 is 12.1 Å². The lowest BCUT2D eigenvalue weighted by atomic mass is 10.1. The van der Waals surface area contributed by atoms with E-state index in [1.807, 2.05) is 0 Å². The molecule has 0 aliphatic rings. The van der Waals surface area contributed by atoms with Crippen molar-refractivity contribution in [2.24, 2.45) is 0 Å². The number of rotatable bonds is 4. The van der Waals surface area contributed by atoms with Gasteiger partial charge in [-0.3, -0.25) is 0 Å². The normalized spacial score (nSPS) is 16.1. The maximum absolute atomic E-state index is 12.0. The molecule has 0 amide bonds. The molecule has 84 valence electrons. The minimum absolute atomic E-state index is 0.110. The van der Waals surface area contributed by atoms with Crippen molar-refractivity contribution in [2.45, 2.75) is 38.5 Å². The molecule has 3 nitrogen and oxygen atoms in total. The van der Waals surface area contributed by atoms with Gasteiger partial charge in [0.15, 0.2) is 0 Å². The molecule has 0 bridgehead atoms. The van der Waals surface area contributed by atoms with Crippen molar-refractivity contribution < 1.29 is 27.8 Å². The fourth-order valence-corrected chi connectivity index (χ4v) is 0.565. The van der Waals surface area contributed by atoms with Crippen LogP contribution < -0.4 is 0 Å². The molecule has 0 aromatic heterocycles. The van der Waals surface area contributed by atoms with Crippen molar-refractivity contribution in [3.05, 3.63) is 0 Å². The Hall–Kier alpha value is -0.780. The summed E-state index contributed by atoms with van der Waals surface area (Å²) < 4.78 is 40.4. The van der Waals surface area contributed by atoms with Gasteiger partial charge in [-0.05, 0) is 13.3 Å². The summed E-state index contributed by atoms with van der Waals surface area (Å²) in [6.07, 6.45) is -3.84. The first-order valence-corrected chi connectivity index (χ1v) is 4.19. The molecule has 0 saturated heterocycles. The van der Waals surface area contributed by atoms with Gasteiger partial charge in [-0.2, -0.15) is 13.2 Å². The Morgan fingerprint density at radius 3 is 2.29 bits per heavy atom. The third-order valence-corrected chi connectivity index (χ3v) is 1.68. The summed E-state index contributed by atoms with van der Waals surface area (Å²) in [6, 6.07) is 0. The van der Waals surface area contributed by atoms with E-state index in [1.165, 1.54) is 0 Å². The maximum Gasteiger partial charge on any atom is 0.427 e. The Kier molecular flexibility index (Phi) is 4.38. The van der Waals surface area contributed by atoms with Crippen LogP contribution in [0.1, 0.15) is 26.7 Å². The number of ether oxygens (including phenoxy) is 1. The molecule has 14 heavy (non-hydrogen) atoms. The second-order valence-electron chi connectivity index (χ2n) is 3.06. The largest absolute Gasteiger partial charge is 0.463 e. The SMILES string of the molecule is CCCCOC(=O)[C@](C)(O)C(F)(F)F. The Morgan fingerprint density at radius 1 is 1.43 bits per heavy atom. The van der Waals surface area contributed by atoms with E-state index in [1.54, 1.807) is 6.92 Å². The third-order valence-electron chi connectivity index (χ3n) is 1.68. The van der Waals surface area contributed by atoms with E-state index in [4.69, 9.17) is 5.11 Å². The van der Waals surface area contributed by atoms with Crippen LogP contribution in [0.15, 0.2) is 0 Å². The van der Waals surface area contributed by atoms with Gasteiger partial charge in [-0.15, -0.1) is 0 Å². The summed E-state index contributed by atoms with van der Waals surface area (Å²) in [5, 5.41) is 8.82. The molecule has 0 fully saturated rings. The lowest BCUT2D eigenvalue weighted by molar-refractivity contribution is -0.256. The minimum atomic E-state index is -5.00. The van der Waals surface area contributed by atoms with Gasteiger partial charge in [0.25, 0.3) is 5.60 Å². The molecule has 6 heteroatoms. The summed E-state index contributed by atoms with van der Waals surface area (Å²) in [4.78, 5) is 10.8. The van der Waals surface area contributed by atoms with Crippen molar-refractivity contribution in [3.8, 4) is 0 Å². The summed E-state index contributed by atoms with van der Waals surface area (Å²) in [5.41, 5.74) is -3.42. The summed E-state index contributed by atoms with van der Waals surface area (Å²) in [7, 11) is 0. The number of hydrogen-bond donors (Lipinski definition) is 1. The van der Waals surface area contributed by atoms with Crippen LogP contribution in [0.2, 0.25) is 0 Å². The molecule has 0 spiro atoms. The maximum atomic E-state index is 12.0. The van der Waals surface area contributed by atoms with E-state index < -0.39 is 17.7 Å². The summed E-state index contributed by atoms with van der Waals surface area (Å²) in [5.74, 6) is -1.65. The van der Waals surface area contributed by atoms with Crippen molar-refractivity contribution in [2.75, 3.05) is 6.61 Å². The second kappa shape index (κ2) is 4.63. The van der Waals surface area contributed by atoms with E-state index >= 15 is 0 Å². The van der Waals surface area contributed by atoms with Gasteiger partial charge in [0, 0.05) is 0 Å². The zero-order valence-corrected chi connectivity index (χ0v) is 8.02. The highest BCUT2D eigenvalue weighted by Gasteiger charge is 2.57. The molecule has 0 aromatic carbocycles. The van der Waals surface area contributed by atoms with Crippen LogP contribution in [0, 0.1) is 0 Å². The van der Waals surface area contributed by atoms with Gasteiger partial charge in [0.1, 0.15) is 0 Å². The van der Waals surface area contributed by atoms with Gasteiger partial charge in [-0.25, -0.2) is 4.79 Å². The van der Waals surface area contributed by atoms with E-state index in [2.05, 4.69) is 4.74 Å². The Balaban J connectivity index is 4.23. The number of carbonyl (C=O) groups is 1. The molecule has 0 heterocycles. The molecule has 0 rings (SSSR count). The first-order valence-electron chi connectivity index (χ1n) is 4.19. The number of esters is 1. The first kappa shape index (κ1) is 13.2. The van der Waals surface area contributed by atoms with E-state index in [9.17, 15) is 18.0 Å². The van der Waals surface area contributed by atoms with Crippen molar-refractivity contribution in [1.29, 1.82) is 0 Å². The van der Waals surface area contributed by atoms with Crippen LogP contribution in [-0.4, -0.2) is 29.5 Å². The lowest BCUT2D eigenvalue weighted by Gasteiger charge is -2.23. The van der Waals surface area contributed by atoms with Crippen LogP contribution in [0.25, 0.3) is 0 Å². The van der Waals surface area contributed by atoms with Gasteiger partial charge in [0.05, 0.1) is 6.61 Å². The lowest BCUT2D eigenvalue weighted by Crippen LogP contribution is -2.50. The fourth-order valence-electron chi connectivity index (χ4n) is 0.565. The van der Waals surface area contributed by atoms with Crippen molar-refractivity contribution in [1.82, 2.24) is 0 Å². The van der Waals surface area contributed by atoms with Crippen LogP contribution in [0.3, 0.4) is 0 Å². The highest BCUT2D eigenvalue weighted by atomic mass is 19.4. The minimum Gasteiger partial charge on any atom is -0.463 e. The molecular weight excluding hydrogens is 201 g/mol. The van der Waals surface area contributed by atoms with Crippen LogP contribution in [0.5, 0.6) is 0 Å². The predicted molar refractivity (Wildman–Crippen MR) is 42.5 cm³/mol. The molecule has 1 atom stereocenters. The Morgan fingerprint density at radius 2 is 1.93 bits per heavy atom. The molecule has 0 aliphatic carbocycles. The molecule has 0 saturated carbocycles. The van der Waals surface area contributed by atoms with Crippen LogP contribution in [0.4, 0.5) is 13.2 Å². The zero-order valence-electron chi connectivity index (χ0n) is 8.02. The van der Waals surface area contributed by atoms with Gasteiger partial charge < -0.3 is 9.84 Å². The predicted octanol–water partition coefficient (Wildman–Crippen LogP) is 1.64. The number of carbonyl (C=O) groups excluding carboxylic acids is 1. The van der Waals surface area contributed by atoms with Crippen molar-refractivity contribution >= 4 is 5.97 Å². The Labute approximate surface area is 79.9 Å². The number of hydrogen-bond acceptors (Lipinski definition) is 3. The average molecular weight is 214 g/mol. The van der Waals surface area contributed by atoms with E-state index in [0.717, 1.165) is 0 Å². The molecule has 0 aliphatic heterocycles.